The summed E-state index contributed by atoms with van der Waals surface area (Å²) in [6.07, 6.45) is 0.834. The highest BCUT2D eigenvalue weighted by Gasteiger charge is 2.19. The molecule has 0 bridgehead atoms. The van der Waals surface area contributed by atoms with Crippen molar-refractivity contribution in [3.8, 4) is 29.1 Å². The molecule has 0 N–H and O–H groups in total. The van der Waals surface area contributed by atoms with Gasteiger partial charge in [-0.2, -0.15) is 9.97 Å². The lowest BCUT2D eigenvalue weighted by Gasteiger charge is -2.09. The number of hydrogen-bond donors (Lipinski definition) is 0. The van der Waals surface area contributed by atoms with E-state index in [0.717, 1.165) is 23.1 Å². The Labute approximate surface area is 173 Å². The van der Waals surface area contributed by atoms with Crippen LogP contribution in [0, 0.1) is 13.8 Å². The average Bonchev–Trinajstić information content (AvgIpc) is 3.13. The second-order valence-electron chi connectivity index (χ2n) is 6.71. The lowest BCUT2D eigenvalue weighted by molar-refractivity contribution is 0.302. The molecule has 2 aromatic heterocycles. The number of hydrogen-bond acceptors (Lipinski definition) is 6. The number of benzene rings is 2. The molecule has 0 unspecified atom stereocenters. The van der Waals surface area contributed by atoms with E-state index in [1.165, 1.54) is 0 Å². The number of aryl methyl sites for hydroxylation is 2. The molecular weight excluding hydrogens is 390 g/mol. The van der Waals surface area contributed by atoms with Crippen molar-refractivity contribution in [1.82, 2.24) is 15.0 Å². The van der Waals surface area contributed by atoms with E-state index >= 15 is 0 Å². The van der Waals surface area contributed by atoms with Gasteiger partial charge in [0.15, 0.2) is 5.52 Å². The third kappa shape index (κ3) is 4.17. The predicted molar refractivity (Wildman–Crippen MR) is 112 cm³/mol. The average molecular weight is 410 g/mol. The summed E-state index contributed by atoms with van der Waals surface area (Å²) in [4.78, 5) is 13.4. The lowest BCUT2D eigenvalue weighted by Crippen LogP contribution is -2.01. The van der Waals surface area contributed by atoms with Crippen molar-refractivity contribution in [3.05, 3.63) is 58.6 Å². The van der Waals surface area contributed by atoms with Gasteiger partial charge in [0.2, 0.25) is 5.89 Å². The molecule has 7 heteroatoms. The molecule has 4 rings (SSSR count). The summed E-state index contributed by atoms with van der Waals surface area (Å²) in [5.41, 5.74) is 3.62. The Kier molecular flexibility index (Phi) is 5.36. The minimum atomic E-state index is 0.126. The van der Waals surface area contributed by atoms with Crippen LogP contribution < -0.4 is 9.47 Å². The van der Waals surface area contributed by atoms with Crippen LogP contribution in [0.1, 0.15) is 24.5 Å². The van der Waals surface area contributed by atoms with Crippen molar-refractivity contribution in [1.29, 1.82) is 0 Å². The Hall–Kier alpha value is -3.12. The standard InChI is InChI=1S/C22H20ClN3O3/c1-4-10-27-20-18-21(29-19(24-18)15-7-5-6-13(2)11-15)26-22(25-20)28-17-9-8-16(23)12-14(17)3/h5-9,11-12H,4,10H2,1-3H3. The van der Waals surface area contributed by atoms with Gasteiger partial charge >= 0.3 is 6.01 Å². The zero-order valence-electron chi connectivity index (χ0n) is 16.4. The SMILES string of the molecule is CCCOc1nc(Oc2ccc(Cl)cc2C)nc2oc(-c3cccc(C)c3)nc12. The maximum absolute atomic E-state index is 6.02. The monoisotopic (exact) mass is 409 g/mol. The van der Waals surface area contributed by atoms with Crippen LogP contribution in [0.2, 0.25) is 5.02 Å². The van der Waals surface area contributed by atoms with Crippen LogP contribution in [0.3, 0.4) is 0 Å². The van der Waals surface area contributed by atoms with Gasteiger partial charge in [0.05, 0.1) is 6.61 Å². The molecule has 0 spiro atoms. The van der Waals surface area contributed by atoms with Crippen LogP contribution in [0.25, 0.3) is 22.7 Å². The Morgan fingerprint density at radius 3 is 2.66 bits per heavy atom. The highest BCUT2D eigenvalue weighted by atomic mass is 35.5. The van der Waals surface area contributed by atoms with E-state index < -0.39 is 0 Å². The first-order valence-electron chi connectivity index (χ1n) is 9.36. The first kappa shape index (κ1) is 19.2. The van der Waals surface area contributed by atoms with E-state index in [9.17, 15) is 0 Å². The van der Waals surface area contributed by atoms with E-state index in [0.29, 0.717) is 40.4 Å². The Bertz CT molecular complexity index is 1170. The van der Waals surface area contributed by atoms with E-state index in [-0.39, 0.29) is 6.01 Å². The fourth-order valence-corrected chi connectivity index (χ4v) is 3.08. The van der Waals surface area contributed by atoms with Gasteiger partial charge in [-0.1, -0.05) is 36.2 Å². The molecule has 29 heavy (non-hydrogen) atoms. The van der Waals surface area contributed by atoms with Crippen LogP contribution in [0.15, 0.2) is 46.9 Å². The van der Waals surface area contributed by atoms with E-state index in [2.05, 4.69) is 15.0 Å². The van der Waals surface area contributed by atoms with E-state index in [1.807, 2.05) is 51.1 Å². The zero-order chi connectivity index (χ0) is 20.4. The number of fused-ring (bicyclic) bond motifs is 1. The fourth-order valence-electron chi connectivity index (χ4n) is 2.85. The first-order chi connectivity index (χ1) is 14.0. The topological polar surface area (TPSA) is 70.3 Å². The van der Waals surface area contributed by atoms with E-state index in [1.54, 1.807) is 12.1 Å². The van der Waals surface area contributed by atoms with Gasteiger partial charge in [-0.15, -0.1) is 0 Å². The van der Waals surface area contributed by atoms with Crippen molar-refractivity contribution in [3.63, 3.8) is 0 Å². The molecule has 4 aromatic rings. The van der Waals surface area contributed by atoms with Gasteiger partial charge in [0, 0.05) is 10.6 Å². The number of ether oxygens (including phenoxy) is 2. The van der Waals surface area contributed by atoms with Gasteiger partial charge in [-0.05, 0) is 56.2 Å². The van der Waals surface area contributed by atoms with Gasteiger partial charge in [-0.3, -0.25) is 0 Å². The summed E-state index contributed by atoms with van der Waals surface area (Å²) in [6.45, 7) is 6.44. The zero-order valence-corrected chi connectivity index (χ0v) is 17.2. The number of nitrogens with zero attached hydrogens (tertiary/aromatic N) is 3. The maximum Gasteiger partial charge on any atom is 0.328 e. The lowest BCUT2D eigenvalue weighted by atomic mass is 10.1. The number of halogens is 1. The van der Waals surface area contributed by atoms with Crippen LogP contribution in [0.4, 0.5) is 0 Å². The summed E-state index contributed by atoms with van der Waals surface area (Å²) in [5.74, 6) is 1.40. The molecule has 0 radical (unpaired) electrons. The largest absolute Gasteiger partial charge is 0.476 e. The molecule has 0 saturated carbocycles. The van der Waals surface area contributed by atoms with Crippen molar-refractivity contribution in [2.24, 2.45) is 0 Å². The van der Waals surface area contributed by atoms with Crippen LogP contribution in [-0.2, 0) is 0 Å². The number of aromatic nitrogens is 3. The third-order valence-electron chi connectivity index (χ3n) is 4.25. The van der Waals surface area contributed by atoms with E-state index in [4.69, 9.17) is 25.5 Å². The van der Waals surface area contributed by atoms with Crippen LogP contribution in [-0.4, -0.2) is 21.6 Å². The van der Waals surface area contributed by atoms with Gasteiger partial charge in [0.1, 0.15) is 5.75 Å². The molecular formula is C22H20ClN3O3. The smallest absolute Gasteiger partial charge is 0.328 e. The Morgan fingerprint density at radius 1 is 1.03 bits per heavy atom. The van der Waals surface area contributed by atoms with Gasteiger partial charge < -0.3 is 13.9 Å². The molecule has 2 aromatic carbocycles. The Balaban J connectivity index is 1.77. The number of rotatable bonds is 6. The van der Waals surface area contributed by atoms with Gasteiger partial charge in [-0.25, -0.2) is 4.98 Å². The molecule has 0 fully saturated rings. The fraction of sp³-hybridized carbons (Fsp3) is 0.227. The second kappa shape index (κ2) is 8.09. The molecule has 148 valence electrons. The van der Waals surface area contributed by atoms with Crippen LogP contribution in [0.5, 0.6) is 17.6 Å². The summed E-state index contributed by atoms with van der Waals surface area (Å²) in [7, 11) is 0. The van der Waals surface area contributed by atoms with Crippen molar-refractivity contribution in [2.75, 3.05) is 6.61 Å². The summed E-state index contributed by atoms with van der Waals surface area (Å²) >= 11 is 6.02. The Morgan fingerprint density at radius 2 is 1.90 bits per heavy atom. The highest BCUT2D eigenvalue weighted by molar-refractivity contribution is 6.30. The molecule has 0 saturated heterocycles. The predicted octanol–water partition coefficient (Wildman–Crippen LogP) is 6.14. The maximum atomic E-state index is 6.02. The van der Waals surface area contributed by atoms with Crippen molar-refractivity contribution >= 4 is 22.8 Å². The molecule has 0 aliphatic heterocycles. The normalized spacial score (nSPS) is 11.0. The third-order valence-corrected chi connectivity index (χ3v) is 4.49. The summed E-state index contributed by atoms with van der Waals surface area (Å²) < 4.78 is 17.6. The molecule has 2 heterocycles. The van der Waals surface area contributed by atoms with Crippen molar-refractivity contribution in [2.45, 2.75) is 27.2 Å². The molecule has 0 aliphatic carbocycles. The minimum Gasteiger partial charge on any atom is -0.476 e. The quantitative estimate of drug-likeness (QED) is 0.381. The van der Waals surface area contributed by atoms with Crippen molar-refractivity contribution < 1.29 is 13.9 Å². The minimum absolute atomic E-state index is 0.126. The summed E-state index contributed by atoms with van der Waals surface area (Å²) in [5, 5.41) is 0.635. The van der Waals surface area contributed by atoms with Gasteiger partial charge in [0.25, 0.3) is 11.6 Å². The molecule has 0 atom stereocenters. The molecule has 0 amide bonds. The first-order valence-corrected chi connectivity index (χ1v) is 9.73. The highest BCUT2D eigenvalue weighted by Crippen LogP contribution is 2.32. The molecule has 0 aliphatic rings. The second-order valence-corrected chi connectivity index (χ2v) is 7.15. The van der Waals surface area contributed by atoms with Crippen LogP contribution >= 0.6 is 11.6 Å². The molecule has 6 nitrogen and oxygen atoms in total. The number of oxazole rings is 1. The summed E-state index contributed by atoms with van der Waals surface area (Å²) in [6, 6.07) is 13.4.